The fraction of sp³-hybridized carbons (Fsp3) is 0.562. The number of ether oxygens (including phenoxy) is 2. The molecule has 1 aromatic rings. The largest absolute Gasteiger partial charge is 0.481 e. The predicted octanol–water partition coefficient (Wildman–Crippen LogP) is 0.869. The van der Waals surface area contributed by atoms with E-state index in [-0.39, 0.29) is 18.1 Å². The van der Waals surface area contributed by atoms with Gasteiger partial charge < -0.3 is 19.3 Å². The summed E-state index contributed by atoms with van der Waals surface area (Å²) in [5.74, 6) is 1.46. The van der Waals surface area contributed by atoms with Gasteiger partial charge in [0.2, 0.25) is 11.8 Å². The summed E-state index contributed by atoms with van der Waals surface area (Å²) in [5, 5.41) is 0. The summed E-state index contributed by atoms with van der Waals surface area (Å²) in [6.07, 6.45) is 5.00. The van der Waals surface area contributed by atoms with E-state index in [2.05, 4.69) is 21.4 Å². The molecule has 7 nitrogen and oxygen atoms in total. The summed E-state index contributed by atoms with van der Waals surface area (Å²) in [7, 11) is 1.60. The number of amides is 1. The number of carbonyl (C=O) groups excluding carboxylic acids is 1. The molecule has 0 atom stereocenters. The van der Waals surface area contributed by atoms with Gasteiger partial charge in [0.15, 0.2) is 0 Å². The molecule has 2 fully saturated rings. The Labute approximate surface area is 135 Å². The van der Waals surface area contributed by atoms with Crippen LogP contribution in [0, 0.1) is 0 Å². The van der Waals surface area contributed by atoms with Crippen molar-refractivity contribution in [2.45, 2.75) is 18.4 Å². The first-order valence-electron chi connectivity index (χ1n) is 7.79. The molecule has 0 radical (unpaired) electrons. The molecular formula is C16H22N4O3. The van der Waals surface area contributed by atoms with Gasteiger partial charge in [0.1, 0.15) is 18.8 Å². The molecule has 3 heterocycles. The smallest absolute Gasteiger partial charge is 0.248 e. The van der Waals surface area contributed by atoms with Crippen LogP contribution in [0.25, 0.3) is 0 Å². The SMILES string of the molecule is C=CCN1CC2(CCN(c3cc(OC)ncn3)CC2)OCC1=O. The number of nitrogens with zero attached hydrogens (tertiary/aromatic N) is 4. The first kappa shape index (κ1) is 15.7. The Hall–Kier alpha value is -2.15. The number of hydrogen-bond donors (Lipinski definition) is 0. The lowest BCUT2D eigenvalue weighted by Crippen LogP contribution is -2.58. The van der Waals surface area contributed by atoms with Crippen molar-refractivity contribution < 1.29 is 14.3 Å². The lowest BCUT2D eigenvalue weighted by atomic mass is 9.89. The summed E-state index contributed by atoms with van der Waals surface area (Å²) in [6.45, 7) is 6.76. The van der Waals surface area contributed by atoms with E-state index >= 15 is 0 Å². The highest BCUT2D eigenvalue weighted by atomic mass is 16.5. The van der Waals surface area contributed by atoms with Gasteiger partial charge in [-0.25, -0.2) is 9.97 Å². The zero-order valence-electron chi connectivity index (χ0n) is 13.4. The standard InChI is InChI=1S/C16H22N4O3/c1-3-6-20-11-16(23-10-15(20)21)4-7-19(8-5-16)13-9-14(22-2)18-12-17-13/h3,9,12H,1,4-8,10-11H2,2H3. The Morgan fingerprint density at radius 1 is 1.43 bits per heavy atom. The molecule has 0 aliphatic carbocycles. The number of morpholine rings is 1. The number of carbonyl (C=O) groups is 1. The van der Waals surface area contributed by atoms with Gasteiger partial charge in [-0.05, 0) is 12.8 Å². The van der Waals surface area contributed by atoms with Crippen molar-refractivity contribution in [1.82, 2.24) is 14.9 Å². The molecule has 124 valence electrons. The number of anilines is 1. The monoisotopic (exact) mass is 318 g/mol. The molecule has 0 aromatic carbocycles. The Morgan fingerprint density at radius 2 is 2.22 bits per heavy atom. The summed E-state index contributed by atoms with van der Waals surface area (Å²) < 4.78 is 11.1. The first-order chi connectivity index (χ1) is 11.2. The highest BCUT2D eigenvalue weighted by molar-refractivity contribution is 5.78. The Kier molecular flexibility index (Phi) is 4.47. The molecule has 1 spiro atoms. The van der Waals surface area contributed by atoms with Gasteiger partial charge in [-0.1, -0.05) is 6.08 Å². The Balaban J connectivity index is 1.65. The highest BCUT2D eigenvalue weighted by Crippen LogP contribution is 2.32. The van der Waals surface area contributed by atoms with Gasteiger partial charge in [-0.15, -0.1) is 6.58 Å². The molecule has 3 rings (SSSR count). The van der Waals surface area contributed by atoms with Crippen LogP contribution in [-0.4, -0.2) is 66.3 Å². The van der Waals surface area contributed by atoms with Crippen LogP contribution < -0.4 is 9.64 Å². The lowest BCUT2D eigenvalue weighted by Gasteiger charge is -2.47. The number of rotatable bonds is 4. The van der Waals surface area contributed by atoms with Crippen molar-refractivity contribution in [3.05, 3.63) is 25.0 Å². The van der Waals surface area contributed by atoms with Crippen molar-refractivity contribution in [3.8, 4) is 5.88 Å². The molecule has 7 heteroatoms. The van der Waals surface area contributed by atoms with Crippen LogP contribution in [-0.2, 0) is 9.53 Å². The normalized spacial score (nSPS) is 20.7. The van der Waals surface area contributed by atoms with E-state index in [0.29, 0.717) is 19.0 Å². The summed E-state index contributed by atoms with van der Waals surface area (Å²) in [5.41, 5.74) is -0.245. The number of piperidine rings is 1. The maximum atomic E-state index is 11.9. The molecule has 0 saturated carbocycles. The van der Waals surface area contributed by atoms with Crippen LogP contribution in [0.2, 0.25) is 0 Å². The summed E-state index contributed by atoms with van der Waals surface area (Å²) in [6, 6.07) is 1.84. The number of methoxy groups -OCH3 is 1. The highest BCUT2D eigenvalue weighted by Gasteiger charge is 2.42. The minimum atomic E-state index is -0.245. The third-order valence-electron chi connectivity index (χ3n) is 4.52. The van der Waals surface area contributed by atoms with Crippen LogP contribution in [0.1, 0.15) is 12.8 Å². The lowest BCUT2D eigenvalue weighted by molar-refractivity contribution is -0.166. The van der Waals surface area contributed by atoms with E-state index in [4.69, 9.17) is 9.47 Å². The number of aromatic nitrogens is 2. The Morgan fingerprint density at radius 3 is 2.91 bits per heavy atom. The maximum Gasteiger partial charge on any atom is 0.248 e. The van der Waals surface area contributed by atoms with Crippen LogP contribution in [0.3, 0.4) is 0 Å². The van der Waals surface area contributed by atoms with E-state index in [9.17, 15) is 4.79 Å². The molecule has 1 aromatic heterocycles. The average molecular weight is 318 g/mol. The van der Waals surface area contributed by atoms with E-state index in [0.717, 1.165) is 31.7 Å². The van der Waals surface area contributed by atoms with E-state index in [1.807, 2.05) is 11.0 Å². The minimum absolute atomic E-state index is 0.0403. The van der Waals surface area contributed by atoms with Crippen LogP contribution in [0.15, 0.2) is 25.0 Å². The Bertz CT molecular complexity index is 584. The topological polar surface area (TPSA) is 67.8 Å². The first-order valence-corrected chi connectivity index (χ1v) is 7.79. The van der Waals surface area contributed by atoms with Crippen LogP contribution in [0.5, 0.6) is 5.88 Å². The van der Waals surface area contributed by atoms with Crippen molar-refractivity contribution in [2.24, 2.45) is 0 Å². The van der Waals surface area contributed by atoms with Gasteiger partial charge in [0, 0.05) is 25.7 Å². The van der Waals surface area contributed by atoms with Crippen molar-refractivity contribution in [3.63, 3.8) is 0 Å². The zero-order chi connectivity index (χ0) is 16.3. The summed E-state index contributed by atoms with van der Waals surface area (Å²) in [4.78, 5) is 24.3. The van der Waals surface area contributed by atoms with Crippen molar-refractivity contribution in [1.29, 1.82) is 0 Å². The molecular weight excluding hydrogens is 296 g/mol. The maximum absolute atomic E-state index is 11.9. The summed E-state index contributed by atoms with van der Waals surface area (Å²) >= 11 is 0. The zero-order valence-corrected chi connectivity index (χ0v) is 13.4. The van der Waals surface area contributed by atoms with Gasteiger partial charge in [-0.2, -0.15) is 0 Å². The molecule has 0 N–H and O–H groups in total. The molecule has 0 bridgehead atoms. The second-order valence-corrected chi connectivity index (χ2v) is 5.94. The van der Waals surface area contributed by atoms with Gasteiger partial charge in [0.25, 0.3) is 0 Å². The van der Waals surface area contributed by atoms with E-state index < -0.39 is 0 Å². The molecule has 1 amide bonds. The average Bonchev–Trinajstić information content (AvgIpc) is 2.59. The second kappa shape index (κ2) is 6.54. The van der Waals surface area contributed by atoms with Gasteiger partial charge >= 0.3 is 0 Å². The molecule has 0 unspecified atom stereocenters. The minimum Gasteiger partial charge on any atom is -0.481 e. The molecule has 2 saturated heterocycles. The molecule has 23 heavy (non-hydrogen) atoms. The van der Waals surface area contributed by atoms with Crippen molar-refractivity contribution in [2.75, 3.05) is 44.8 Å². The predicted molar refractivity (Wildman–Crippen MR) is 85.5 cm³/mol. The third-order valence-corrected chi connectivity index (χ3v) is 4.52. The van der Waals surface area contributed by atoms with Crippen LogP contribution >= 0.6 is 0 Å². The number of hydrogen-bond acceptors (Lipinski definition) is 6. The fourth-order valence-corrected chi connectivity index (χ4v) is 3.17. The second-order valence-electron chi connectivity index (χ2n) is 5.94. The van der Waals surface area contributed by atoms with E-state index in [1.165, 1.54) is 6.33 Å². The van der Waals surface area contributed by atoms with Gasteiger partial charge in [-0.3, -0.25) is 4.79 Å². The fourth-order valence-electron chi connectivity index (χ4n) is 3.17. The molecule has 2 aliphatic heterocycles. The van der Waals surface area contributed by atoms with E-state index in [1.54, 1.807) is 13.2 Å². The quantitative estimate of drug-likeness (QED) is 0.767. The van der Waals surface area contributed by atoms with Crippen molar-refractivity contribution >= 4 is 11.7 Å². The molecule has 2 aliphatic rings. The van der Waals surface area contributed by atoms with Gasteiger partial charge in [0.05, 0.1) is 19.3 Å². The van der Waals surface area contributed by atoms with Crippen LogP contribution in [0.4, 0.5) is 5.82 Å². The third kappa shape index (κ3) is 3.29.